The van der Waals surface area contributed by atoms with Crippen LogP contribution in [0.2, 0.25) is 0 Å². The maximum Gasteiger partial charge on any atom is 0.409 e. The molecule has 0 aliphatic heterocycles. The van der Waals surface area contributed by atoms with E-state index in [9.17, 15) is 30.7 Å². The van der Waals surface area contributed by atoms with E-state index in [0.717, 1.165) is 31.4 Å². The van der Waals surface area contributed by atoms with Gasteiger partial charge in [0.25, 0.3) is 0 Å². The van der Waals surface area contributed by atoms with Gasteiger partial charge in [0.05, 0.1) is 5.56 Å². The van der Waals surface area contributed by atoms with E-state index < -0.39 is 35.0 Å². The van der Waals surface area contributed by atoms with Crippen LogP contribution in [-0.2, 0) is 6.42 Å². The van der Waals surface area contributed by atoms with Gasteiger partial charge in [-0.15, -0.1) is 0 Å². The Morgan fingerprint density at radius 1 is 0.697 bits per heavy atom. The highest BCUT2D eigenvalue weighted by Crippen LogP contribution is 2.31. The van der Waals surface area contributed by atoms with Gasteiger partial charge in [-0.25, -0.2) is 17.6 Å². The molecule has 0 atom stereocenters. The summed E-state index contributed by atoms with van der Waals surface area (Å²) in [5.41, 5.74) is 0.221. The average Bonchev–Trinajstić information content (AvgIpc) is 2.72. The number of unbranched alkanes of at least 4 members (excludes halogenated alkanes) is 2. The van der Waals surface area contributed by atoms with Gasteiger partial charge in [0.2, 0.25) is 0 Å². The summed E-state index contributed by atoms with van der Waals surface area (Å²) in [6.45, 7) is 2.04. The van der Waals surface area contributed by atoms with Crippen LogP contribution in [0.1, 0.15) is 37.3 Å². The van der Waals surface area contributed by atoms with Crippen LogP contribution < -0.4 is 0 Å². The molecule has 0 heterocycles. The molecule has 0 bridgehead atoms. The fourth-order valence-electron chi connectivity index (χ4n) is 3.54. The zero-order chi connectivity index (χ0) is 24.2. The van der Waals surface area contributed by atoms with Crippen LogP contribution in [0.4, 0.5) is 30.7 Å². The second-order valence-corrected chi connectivity index (χ2v) is 7.70. The van der Waals surface area contributed by atoms with Crippen molar-refractivity contribution < 1.29 is 30.7 Å². The molecule has 174 valence electrons. The van der Waals surface area contributed by atoms with Crippen molar-refractivity contribution >= 4 is 6.08 Å². The van der Waals surface area contributed by atoms with Crippen molar-refractivity contribution in [2.24, 2.45) is 0 Å². The number of hydrogen-bond acceptors (Lipinski definition) is 0. The van der Waals surface area contributed by atoms with Crippen LogP contribution in [0, 0.1) is 23.3 Å². The van der Waals surface area contributed by atoms with Crippen molar-refractivity contribution in [2.75, 3.05) is 0 Å². The zero-order valence-electron chi connectivity index (χ0n) is 17.7. The first kappa shape index (κ1) is 24.6. The standard InChI is InChI=1S/C26H21F7/c1-2-3-4-5-16-12-23(29)25(24(30)13-16)18-8-6-17(7-9-18)19-14-21(27)20(22(28)15-19)10-11-26(31,32)33/h6-15H,2-5H2,1H3/b11-10+. The van der Waals surface area contributed by atoms with Gasteiger partial charge in [-0.05, 0) is 65.4 Å². The van der Waals surface area contributed by atoms with E-state index >= 15 is 0 Å². The first-order chi connectivity index (χ1) is 15.6. The van der Waals surface area contributed by atoms with Crippen LogP contribution >= 0.6 is 0 Å². The molecule has 0 spiro atoms. The number of alkyl halides is 3. The van der Waals surface area contributed by atoms with E-state index in [-0.39, 0.29) is 22.8 Å². The van der Waals surface area contributed by atoms with Crippen molar-refractivity contribution in [3.8, 4) is 22.3 Å². The summed E-state index contributed by atoms with van der Waals surface area (Å²) < 4.78 is 94.5. The second kappa shape index (κ2) is 10.2. The molecule has 0 fully saturated rings. The van der Waals surface area contributed by atoms with Crippen molar-refractivity contribution in [1.82, 2.24) is 0 Å². The minimum atomic E-state index is -4.70. The van der Waals surface area contributed by atoms with Crippen LogP contribution in [0.3, 0.4) is 0 Å². The molecule has 0 aliphatic carbocycles. The molecule has 0 saturated heterocycles. The third-order valence-electron chi connectivity index (χ3n) is 5.20. The Labute approximate surface area is 187 Å². The second-order valence-electron chi connectivity index (χ2n) is 7.70. The molecule has 0 aliphatic rings. The van der Waals surface area contributed by atoms with Crippen molar-refractivity contribution in [3.05, 3.63) is 89.0 Å². The Bertz CT molecular complexity index is 1100. The highest BCUT2D eigenvalue weighted by molar-refractivity contribution is 5.72. The number of benzene rings is 3. The number of hydrogen-bond donors (Lipinski definition) is 0. The number of halogens is 7. The van der Waals surface area contributed by atoms with E-state index in [1.54, 1.807) is 0 Å². The average molecular weight is 466 g/mol. The number of allylic oxidation sites excluding steroid dienone is 1. The van der Waals surface area contributed by atoms with Crippen LogP contribution in [0.5, 0.6) is 0 Å². The van der Waals surface area contributed by atoms with E-state index in [0.29, 0.717) is 23.6 Å². The van der Waals surface area contributed by atoms with Gasteiger partial charge in [-0.1, -0.05) is 44.0 Å². The van der Waals surface area contributed by atoms with Gasteiger partial charge in [0, 0.05) is 11.6 Å². The third kappa shape index (κ3) is 6.24. The quantitative estimate of drug-likeness (QED) is 0.241. The molecule has 0 radical (unpaired) electrons. The summed E-state index contributed by atoms with van der Waals surface area (Å²) in [6.07, 6.45) is -1.25. The zero-order valence-corrected chi connectivity index (χ0v) is 17.7. The summed E-state index contributed by atoms with van der Waals surface area (Å²) >= 11 is 0. The molecule has 33 heavy (non-hydrogen) atoms. The van der Waals surface area contributed by atoms with Gasteiger partial charge in [0.15, 0.2) is 0 Å². The van der Waals surface area contributed by atoms with E-state index in [2.05, 4.69) is 0 Å². The molecule has 3 aromatic rings. The van der Waals surface area contributed by atoms with E-state index in [1.807, 2.05) is 6.92 Å². The number of rotatable bonds is 7. The molecule has 0 aromatic heterocycles. The molecule has 0 nitrogen and oxygen atoms in total. The largest absolute Gasteiger partial charge is 0.409 e. The SMILES string of the molecule is CCCCCc1cc(F)c(-c2ccc(-c3cc(F)c(/C=C/C(F)(F)F)c(F)c3)cc2)c(F)c1. The van der Waals surface area contributed by atoms with Crippen LogP contribution in [-0.4, -0.2) is 6.18 Å². The Balaban J connectivity index is 1.87. The van der Waals surface area contributed by atoms with Crippen molar-refractivity contribution in [2.45, 2.75) is 38.8 Å². The van der Waals surface area contributed by atoms with Gasteiger partial charge < -0.3 is 0 Å². The predicted molar refractivity (Wildman–Crippen MR) is 115 cm³/mol. The maximum absolute atomic E-state index is 14.6. The highest BCUT2D eigenvalue weighted by Gasteiger charge is 2.23. The summed E-state index contributed by atoms with van der Waals surface area (Å²) in [6, 6.07) is 10.1. The lowest BCUT2D eigenvalue weighted by Crippen LogP contribution is -2.01. The third-order valence-corrected chi connectivity index (χ3v) is 5.20. The summed E-state index contributed by atoms with van der Waals surface area (Å²) in [5.74, 6) is -3.73. The van der Waals surface area contributed by atoms with Crippen molar-refractivity contribution in [1.29, 1.82) is 0 Å². The molecule has 3 aromatic carbocycles. The Hall–Kier alpha value is -3.09. The molecule has 0 N–H and O–H groups in total. The van der Waals surface area contributed by atoms with Gasteiger partial charge >= 0.3 is 6.18 Å². The molecular weight excluding hydrogens is 445 g/mol. The molecule has 0 unspecified atom stereocenters. The molecular formula is C26H21F7. The van der Waals surface area contributed by atoms with Crippen LogP contribution in [0.15, 0.2) is 54.6 Å². The lowest BCUT2D eigenvalue weighted by Gasteiger charge is -2.10. The minimum Gasteiger partial charge on any atom is -0.206 e. The van der Waals surface area contributed by atoms with Gasteiger partial charge in [-0.2, -0.15) is 13.2 Å². The fraction of sp³-hybridized carbons (Fsp3) is 0.231. The molecule has 3 rings (SSSR count). The first-order valence-electron chi connectivity index (χ1n) is 10.4. The molecule has 0 saturated carbocycles. The monoisotopic (exact) mass is 466 g/mol. The maximum atomic E-state index is 14.6. The van der Waals surface area contributed by atoms with Gasteiger partial charge in [0.1, 0.15) is 23.3 Å². The van der Waals surface area contributed by atoms with Crippen LogP contribution in [0.25, 0.3) is 28.3 Å². The highest BCUT2D eigenvalue weighted by atomic mass is 19.4. The Morgan fingerprint density at radius 3 is 1.76 bits per heavy atom. The van der Waals surface area contributed by atoms with E-state index in [4.69, 9.17) is 0 Å². The summed E-state index contributed by atoms with van der Waals surface area (Å²) in [5, 5.41) is 0. The first-order valence-corrected chi connectivity index (χ1v) is 10.4. The smallest absolute Gasteiger partial charge is 0.206 e. The number of aryl methyl sites for hydroxylation is 1. The molecule has 7 heteroatoms. The topological polar surface area (TPSA) is 0 Å². The molecule has 0 amide bonds. The lowest BCUT2D eigenvalue weighted by molar-refractivity contribution is -0.0790. The Morgan fingerprint density at radius 2 is 1.24 bits per heavy atom. The Kier molecular flexibility index (Phi) is 7.61. The minimum absolute atomic E-state index is 0.0768. The lowest BCUT2D eigenvalue weighted by atomic mass is 9.97. The van der Waals surface area contributed by atoms with Gasteiger partial charge in [-0.3, -0.25) is 0 Å². The summed E-state index contributed by atoms with van der Waals surface area (Å²) in [7, 11) is 0. The normalized spacial score (nSPS) is 12.0. The predicted octanol–water partition coefficient (Wildman–Crippen LogP) is 8.89. The fourth-order valence-corrected chi connectivity index (χ4v) is 3.54. The summed E-state index contributed by atoms with van der Waals surface area (Å²) in [4.78, 5) is 0. The van der Waals surface area contributed by atoms with E-state index in [1.165, 1.54) is 36.4 Å². The van der Waals surface area contributed by atoms with Crippen molar-refractivity contribution in [3.63, 3.8) is 0 Å².